The second kappa shape index (κ2) is 4.64. The SMILES string of the molecule is CCSc1ccsc1C(N)C(=O)O. The van der Waals surface area contributed by atoms with Crippen LogP contribution in [0.3, 0.4) is 0 Å². The molecule has 0 aliphatic heterocycles. The number of nitrogens with two attached hydrogens (primary N) is 1. The summed E-state index contributed by atoms with van der Waals surface area (Å²) in [4.78, 5) is 12.4. The Balaban J connectivity index is 2.86. The van der Waals surface area contributed by atoms with E-state index in [1.54, 1.807) is 11.8 Å². The fraction of sp³-hybridized carbons (Fsp3) is 0.375. The Bertz CT molecular complexity index is 298. The lowest BCUT2D eigenvalue weighted by molar-refractivity contribution is -0.138. The van der Waals surface area contributed by atoms with Crippen molar-refractivity contribution < 1.29 is 9.90 Å². The van der Waals surface area contributed by atoms with E-state index in [2.05, 4.69) is 0 Å². The number of aliphatic carboxylic acids is 1. The molecule has 1 heterocycles. The molecule has 3 nitrogen and oxygen atoms in total. The largest absolute Gasteiger partial charge is 0.480 e. The second-order valence-electron chi connectivity index (χ2n) is 2.40. The van der Waals surface area contributed by atoms with Gasteiger partial charge >= 0.3 is 5.97 Å². The number of thiophene rings is 1. The summed E-state index contributed by atoms with van der Waals surface area (Å²) in [5, 5.41) is 10.6. The molecule has 1 atom stereocenters. The molecule has 5 heteroatoms. The average molecular weight is 217 g/mol. The molecule has 0 aliphatic carbocycles. The highest BCUT2D eigenvalue weighted by molar-refractivity contribution is 7.99. The number of hydrogen-bond donors (Lipinski definition) is 2. The van der Waals surface area contributed by atoms with Crippen LogP contribution in [0.1, 0.15) is 17.8 Å². The van der Waals surface area contributed by atoms with E-state index in [9.17, 15) is 4.79 Å². The van der Waals surface area contributed by atoms with Gasteiger partial charge in [-0.2, -0.15) is 0 Å². The molecule has 0 bridgehead atoms. The van der Waals surface area contributed by atoms with Crippen LogP contribution in [0.5, 0.6) is 0 Å². The van der Waals surface area contributed by atoms with Gasteiger partial charge in [-0.1, -0.05) is 6.92 Å². The molecule has 0 spiro atoms. The van der Waals surface area contributed by atoms with Crippen LogP contribution in [0.2, 0.25) is 0 Å². The third-order valence-electron chi connectivity index (χ3n) is 1.51. The number of carbonyl (C=O) groups is 1. The number of carboxylic acid groups (broad SMARTS) is 1. The van der Waals surface area contributed by atoms with Crippen molar-refractivity contribution in [3.63, 3.8) is 0 Å². The highest BCUT2D eigenvalue weighted by Gasteiger charge is 2.19. The van der Waals surface area contributed by atoms with Crippen molar-refractivity contribution in [3.8, 4) is 0 Å². The van der Waals surface area contributed by atoms with Crippen LogP contribution in [0.15, 0.2) is 16.3 Å². The predicted molar refractivity (Wildman–Crippen MR) is 55.3 cm³/mol. The molecule has 0 fully saturated rings. The minimum atomic E-state index is -0.972. The molecular weight excluding hydrogens is 206 g/mol. The molecule has 1 unspecified atom stereocenters. The van der Waals surface area contributed by atoms with Crippen LogP contribution in [0, 0.1) is 0 Å². The van der Waals surface area contributed by atoms with Crippen LogP contribution in [-0.2, 0) is 4.79 Å². The normalized spacial score (nSPS) is 12.8. The van der Waals surface area contributed by atoms with Gasteiger partial charge in [0.15, 0.2) is 0 Å². The summed E-state index contributed by atoms with van der Waals surface area (Å²) < 4.78 is 0. The first-order chi connectivity index (χ1) is 6.16. The van der Waals surface area contributed by atoms with E-state index in [0.717, 1.165) is 15.5 Å². The van der Waals surface area contributed by atoms with Gasteiger partial charge in [-0.15, -0.1) is 23.1 Å². The van der Waals surface area contributed by atoms with E-state index in [1.807, 2.05) is 18.4 Å². The third-order valence-corrected chi connectivity index (χ3v) is 3.59. The average Bonchev–Trinajstić information content (AvgIpc) is 2.52. The van der Waals surface area contributed by atoms with Crippen LogP contribution in [0.4, 0.5) is 0 Å². The Hall–Kier alpha value is -0.520. The number of rotatable bonds is 4. The Kier molecular flexibility index (Phi) is 3.77. The van der Waals surface area contributed by atoms with E-state index in [1.165, 1.54) is 11.3 Å². The standard InChI is InChI=1S/C8H11NO2S2/c1-2-12-5-3-4-13-7(5)6(9)8(10)11/h3-4,6H,2,9H2,1H3,(H,10,11). The molecule has 13 heavy (non-hydrogen) atoms. The van der Waals surface area contributed by atoms with Crippen molar-refractivity contribution >= 4 is 29.1 Å². The molecule has 3 N–H and O–H groups in total. The highest BCUT2D eigenvalue weighted by Crippen LogP contribution is 2.31. The Morgan fingerprint density at radius 3 is 3.08 bits per heavy atom. The van der Waals surface area contributed by atoms with Gasteiger partial charge in [0, 0.05) is 9.77 Å². The lowest BCUT2D eigenvalue weighted by Crippen LogP contribution is -2.19. The van der Waals surface area contributed by atoms with Gasteiger partial charge in [0.2, 0.25) is 0 Å². The van der Waals surface area contributed by atoms with Crippen molar-refractivity contribution in [1.29, 1.82) is 0 Å². The number of hydrogen-bond acceptors (Lipinski definition) is 4. The third kappa shape index (κ3) is 2.46. The van der Waals surface area contributed by atoms with Crippen LogP contribution in [-0.4, -0.2) is 16.8 Å². The molecule has 72 valence electrons. The van der Waals surface area contributed by atoms with Gasteiger partial charge in [-0.05, 0) is 17.2 Å². The minimum absolute atomic E-state index is 0.749. The van der Waals surface area contributed by atoms with Gasteiger partial charge in [0.1, 0.15) is 6.04 Å². The van der Waals surface area contributed by atoms with Gasteiger partial charge < -0.3 is 10.8 Å². The molecule has 1 aromatic heterocycles. The molecule has 0 aromatic carbocycles. The van der Waals surface area contributed by atoms with E-state index >= 15 is 0 Å². The van der Waals surface area contributed by atoms with Crippen LogP contribution < -0.4 is 5.73 Å². The molecule has 0 saturated carbocycles. The maximum atomic E-state index is 10.6. The fourth-order valence-electron chi connectivity index (χ4n) is 0.923. The monoisotopic (exact) mass is 217 g/mol. The van der Waals surface area contributed by atoms with E-state index < -0.39 is 12.0 Å². The van der Waals surface area contributed by atoms with Gasteiger partial charge in [0.25, 0.3) is 0 Å². The first-order valence-corrected chi connectivity index (χ1v) is 5.72. The van der Waals surface area contributed by atoms with E-state index in [4.69, 9.17) is 10.8 Å². The quantitative estimate of drug-likeness (QED) is 0.757. The van der Waals surface area contributed by atoms with E-state index in [-0.39, 0.29) is 0 Å². The first kappa shape index (κ1) is 10.6. The van der Waals surface area contributed by atoms with Crippen LogP contribution in [0.25, 0.3) is 0 Å². The van der Waals surface area contributed by atoms with E-state index in [0.29, 0.717) is 0 Å². The molecule has 0 amide bonds. The molecule has 1 aromatic rings. The first-order valence-electron chi connectivity index (χ1n) is 3.85. The Labute approximate surface area is 85.0 Å². The van der Waals surface area contributed by atoms with Gasteiger partial charge in [-0.25, -0.2) is 0 Å². The highest BCUT2D eigenvalue weighted by atomic mass is 32.2. The molecule has 0 aliphatic rings. The van der Waals surface area contributed by atoms with Crippen molar-refractivity contribution in [2.75, 3.05) is 5.75 Å². The van der Waals surface area contributed by atoms with Crippen molar-refractivity contribution in [3.05, 3.63) is 16.3 Å². The van der Waals surface area contributed by atoms with Crippen molar-refractivity contribution in [1.82, 2.24) is 0 Å². The summed E-state index contributed by atoms with van der Waals surface area (Å²) in [5.41, 5.74) is 5.51. The summed E-state index contributed by atoms with van der Waals surface area (Å²) in [5.74, 6) is -0.0452. The van der Waals surface area contributed by atoms with Crippen molar-refractivity contribution in [2.45, 2.75) is 17.9 Å². The summed E-state index contributed by atoms with van der Waals surface area (Å²) in [7, 11) is 0. The maximum Gasteiger partial charge on any atom is 0.326 e. The predicted octanol–water partition coefficient (Wildman–Crippen LogP) is 1.94. The summed E-state index contributed by atoms with van der Waals surface area (Å²) in [6, 6.07) is 1.03. The topological polar surface area (TPSA) is 63.3 Å². The van der Waals surface area contributed by atoms with Crippen LogP contribution >= 0.6 is 23.1 Å². The molecule has 0 radical (unpaired) electrons. The smallest absolute Gasteiger partial charge is 0.326 e. The lowest BCUT2D eigenvalue weighted by Gasteiger charge is -2.05. The Morgan fingerprint density at radius 1 is 1.85 bits per heavy atom. The Morgan fingerprint density at radius 2 is 2.54 bits per heavy atom. The molecule has 1 rings (SSSR count). The number of thioether (sulfide) groups is 1. The maximum absolute atomic E-state index is 10.6. The van der Waals surface area contributed by atoms with Gasteiger partial charge in [0.05, 0.1) is 0 Å². The summed E-state index contributed by atoms with van der Waals surface area (Å²) >= 11 is 3.02. The zero-order valence-corrected chi connectivity index (χ0v) is 8.82. The number of carboxylic acids is 1. The zero-order valence-electron chi connectivity index (χ0n) is 7.19. The lowest BCUT2D eigenvalue weighted by atomic mass is 10.2. The minimum Gasteiger partial charge on any atom is -0.480 e. The zero-order chi connectivity index (χ0) is 9.84. The second-order valence-corrected chi connectivity index (χ2v) is 4.65. The summed E-state index contributed by atoms with van der Waals surface area (Å²) in [6.07, 6.45) is 0. The molecule has 0 saturated heterocycles. The van der Waals surface area contributed by atoms with Crippen molar-refractivity contribution in [2.24, 2.45) is 5.73 Å². The van der Waals surface area contributed by atoms with Gasteiger partial charge in [-0.3, -0.25) is 4.79 Å². The molecular formula is C8H11NO2S2. The fourth-order valence-corrected chi connectivity index (χ4v) is 2.86. The summed E-state index contributed by atoms with van der Waals surface area (Å²) in [6.45, 7) is 2.03.